The maximum atomic E-state index is 6.07. The van der Waals surface area contributed by atoms with E-state index in [4.69, 9.17) is 5.73 Å². The third kappa shape index (κ3) is 1.62. The van der Waals surface area contributed by atoms with Crippen LogP contribution in [-0.4, -0.2) is 19.3 Å². The molecular weight excluding hydrogens is 238 g/mol. The molecule has 0 fully saturated rings. The molecule has 5 nitrogen and oxygen atoms in total. The molecule has 0 aliphatic heterocycles. The number of nitrogens with two attached hydrogens (primary N) is 1. The zero-order valence-corrected chi connectivity index (χ0v) is 11.6. The first kappa shape index (κ1) is 11.8. The molecule has 19 heavy (non-hydrogen) atoms. The predicted octanol–water partition coefficient (Wildman–Crippen LogP) is 2.27. The van der Waals surface area contributed by atoms with E-state index in [2.05, 4.69) is 42.1 Å². The Morgan fingerprint density at radius 2 is 1.84 bits per heavy atom. The molecular formula is C14H17N5. The molecule has 0 spiro atoms. The maximum Gasteiger partial charge on any atom is 0.207 e. The van der Waals surface area contributed by atoms with Gasteiger partial charge in [0.15, 0.2) is 5.65 Å². The molecule has 0 aliphatic rings. The van der Waals surface area contributed by atoms with Gasteiger partial charge >= 0.3 is 0 Å². The fraction of sp³-hybridized carbons (Fsp3) is 0.286. The van der Waals surface area contributed by atoms with Gasteiger partial charge in [-0.1, -0.05) is 6.07 Å². The highest BCUT2D eigenvalue weighted by Gasteiger charge is 2.16. The third-order valence-corrected chi connectivity index (χ3v) is 3.58. The smallest absolute Gasteiger partial charge is 0.207 e. The van der Waals surface area contributed by atoms with E-state index in [1.807, 2.05) is 23.2 Å². The van der Waals surface area contributed by atoms with Crippen LogP contribution in [-0.2, 0) is 7.05 Å². The first-order valence-electron chi connectivity index (χ1n) is 6.24. The Bertz CT molecular complexity index is 779. The molecule has 0 saturated carbocycles. The summed E-state index contributed by atoms with van der Waals surface area (Å²) in [5, 5.41) is 4.40. The lowest BCUT2D eigenvalue weighted by molar-refractivity contribution is 0.762. The van der Waals surface area contributed by atoms with Crippen molar-refractivity contribution in [2.45, 2.75) is 20.8 Å². The Morgan fingerprint density at radius 3 is 2.53 bits per heavy atom. The van der Waals surface area contributed by atoms with Gasteiger partial charge in [-0.2, -0.15) is 5.10 Å². The molecule has 2 N–H and O–H groups in total. The summed E-state index contributed by atoms with van der Waals surface area (Å²) in [4.78, 5) is 4.42. The lowest BCUT2D eigenvalue weighted by Crippen LogP contribution is -2.05. The second kappa shape index (κ2) is 3.85. The molecule has 3 rings (SSSR count). The maximum absolute atomic E-state index is 6.07. The number of hydrogen-bond acceptors (Lipinski definition) is 3. The molecule has 0 bridgehead atoms. The summed E-state index contributed by atoms with van der Waals surface area (Å²) < 4.78 is 3.77. The molecule has 5 heteroatoms. The first-order chi connectivity index (χ1) is 8.99. The van der Waals surface area contributed by atoms with Gasteiger partial charge in [0.1, 0.15) is 5.52 Å². The molecule has 0 unspecified atom stereocenters. The summed E-state index contributed by atoms with van der Waals surface area (Å²) >= 11 is 0. The van der Waals surface area contributed by atoms with E-state index in [9.17, 15) is 0 Å². The van der Waals surface area contributed by atoms with Gasteiger partial charge in [0.05, 0.1) is 11.4 Å². The normalized spacial score (nSPS) is 11.4. The summed E-state index contributed by atoms with van der Waals surface area (Å²) in [7, 11) is 1.91. The zero-order chi connectivity index (χ0) is 13.7. The summed E-state index contributed by atoms with van der Waals surface area (Å²) in [5.41, 5.74) is 12.3. The van der Waals surface area contributed by atoms with E-state index in [0.29, 0.717) is 5.95 Å². The minimum Gasteiger partial charge on any atom is -0.369 e. The van der Waals surface area contributed by atoms with E-state index >= 15 is 0 Å². The van der Waals surface area contributed by atoms with E-state index in [1.54, 1.807) is 0 Å². The quantitative estimate of drug-likeness (QED) is 0.725. The van der Waals surface area contributed by atoms with Crippen molar-refractivity contribution in [3.05, 3.63) is 35.0 Å². The molecule has 0 atom stereocenters. The second-order valence-corrected chi connectivity index (χ2v) is 4.96. The van der Waals surface area contributed by atoms with Crippen LogP contribution in [0.3, 0.4) is 0 Å². The molecule has 1 aromatic carbocycles. The van der Waals surface area contributed by atoms with E-state index in [-0.39, 0.29) is 0 Å². The Kier molecular flexibility index (Phi) is 2.38. The van der Waals surface area contributed by atoms with Crippen molar-refractivity contribution < 1.29 is 0 Å². The number of imidazole rings is 1. The number of aromatic nitrogens is 4. The van der Waals surface area contributed by atoms with Gasteiger partial charge in [-0.15, -0.1) is 0 Å². The Labute approximate surface area is 111 Å². The van der Waals surface area contributed by atoms with E-state index in [0.717, 1.165) is 22.5 Å². The van der Waals surface area contributed by atoms with Gasteiger partial charge in [-0.25, -0.2) is 9.67 Å². The van der Waals surface area contributed by atoms with Crippen molar-refractivity contribution in [3.8, 4) is 5.69 Å². The number of aryl methyl sites for hydroxylation is 4. The summed E-state index contributed by atoms with van der Waals surface area (Å²) in [6, 6.07) is 6.27. The van der Waals surface area contributed by atoms with E-state index in [1.165, 1.54) is 11.1 Å². The van der Waals surface area contributed by atoms with Gasteiger partial charge in [0.25, 0.3) is 0 Å². The molecule has 0 aliphatic carbocycles. The molecule has 0 radical (unpaired) electrons. The van der Waals surface area contributed by atoms with Gasteiger partial charge in [-0.05, 0) is 44.0 Å². The van der Waals surface area contributed by atoms with Crippen LogP contribution < -0.4 is 5.73 Å². The molecule has 3 aromatic rings. The number of nitrogens with zero attached hydrogens (tertiary/aromatic N) is 4. The highest BCUT2D eigenvalue weighted by Crippen LogP contribution is 2.25. The number of benzene rings is 1. The fourth-order valence-corrected chi connectivity index (χ4v) is 2.41. The lowest BCUT2D eigenvalue weighted by Gasteiger charge is -2.09. The molecule has 98 valence electrons. The van der Waals surface area contributed by atoms with Crippen LogP contribution in [0.2, 0.25) is 0 Å². The predicted molar refractivity (Wildman–Crippen MR) is 76.5 cm³/mol. The largest absolute Gasteiger partial charge is 0.369 e. The number of nitrogen functional groups attached to an aromatic ring is 1. The van der Waals surface area contributed by atoms with E-state index < -0.39 is 0 Å². The van der Waals surface area contributed by atoms with Crippen molar-refractivity contribution in [1.82, 2.24) is 19.3 Å². The molecule has 2 aromatic heterocycles. The topological polar surface area (TPSA) is 61.7 Å². The summed E-state index contributed by atoms with van der Waals surface area (Å²) in [6.07, 6.45) is 0. The minimum absolute atomic E-state index is 0.495. The number of hydrogen-bond donors (Lipinski definition) is 1. The van der Waals surface area contributed by atoms with Crippen LogP contribution in [0.4, 0.5) is 5.95 Å². The monoisotopic (exact) mass is 255 g/mol. The van der Waals surface area contributed by atoms with Crippen LogP contribution in [0.25, 0.3) is 16.9 Å². The van der Waals surface area contributed by atoms with Crippen LogP contribution in [0.15, 0.2) is 18.2 Å². The Balaban J connectivity index is 2.35. The average Bonchev–Trinajstić information content (AvgIpc) is 2.82. The summed E-state index contributed by atoms with van der Waals surface area (Å²) in [5.74, 6) is 0.495. The average molecular weight is 255 g/mol. The van der Waals surface area contributed by atoms with Crippen LogP contribution >= 0.6 is 0 Å². The molecule has 0 saturated heterocycles. The van der Waals surface area contributed by atoms with Gasteiger partial charge in [-0.3, -0.25) is 4.57 Å². The second-order valence-electron chi connectivity index (χ2n) is 4.96. The van der Waals surface area contributed by atoms with Crippen molar-refractivity contribution >= 4 is 17.1 Å². The lowest BCUT2D eigenvalue weighted by atomic mass is 10.1. The van der Waals surface area contributed by atoms with Gasteiger partial charge in [0.2, 0.25) is 5.95 Å². The zero-order valence-electron chi connectivity index (χ0n) is 11.6. The molecule has 0 amide bonds. The van der Waals surface area contributed by atoms with Gasteiger partial charge in [0, 0.05) is 7.05 Å². The van der Waals surface area contributed by atoms with Crippen molar-refractivity contribution in [2.24, 2.45) is 7.05 Å². The SMILES string of the molecule is Cc1ccc(-n2c(N)nc3c(C)nn(C)c32)cc1C. The highest BCUT2D eigenvalue weighted by atomic mass is 15.3. The van der Waals surface area contributed by atoms with Crippen molar-refractivity contribution in [1.29, 1.82) is 0 Å². The van der Waals surface area contributed by atoms with Crippen LogP contribution in [0.1, 0.15) is 16.8 Å². The van der Waals surface area contributed by atoms with Crippen LogP contribution in [0.5, 0.6) is 0 Å². The van der Waals surface area contributed by atoms with Crippen LogP contribution in [0, 0.1) is 20.8 Å². The Morgan fingerprint density at radius 1 is 1.11 bits per heavy atom. The standard InChI is InChI=1S/C14H17N5/c1-8-5-6-11(7-9(8)2)19-13-12(16-14(19)15)10(3)17-18(13)4/h5-7H,1-4H3,(H2,15,16). The first-order valence-corrected chi connectivity index (χ1v) is 6.24. The van der Waals surface area contributed by atoms with Crippen molar-refractivity contribution in [2.75, 3.05) is 5.73 Å². The fourth-order valence-electron chi connectivity index (χ4n) is 2.41. The third-order valence-electron chi connectivity index (χ3n) is 3.58. The summed E-state index contributed by atoms with van der Waals surface area (Å²) in [6.45, 7) is 6.14. The number of anilines is 1. The highest BCUT2D eigenvalue weighted by molar-refractivity contribution is 5.80. The Hall–Kier alpha value is -2.30. The van der Waals surface area contributed by atoms with Crippen molar-refractivity contribution in [3.63, 3.8) is 0 Å². The van der Waals surface area contributed by atoms with Gasteiger partial charge < -0.3 is 5.73 Å². The molecule has 2 heterocycles. The number of rotatable bonds is 1. The minimum atomic E-state index is 0.495. The number of fused-ring (bicyclic) bond motifs is 1.